The standard InChI is InChI=1S/C4H8O3S/c1-4-2-6-8(5)7-3-4/h4H,2-3H2,1H3. The van der Waals surface area contributed by atoms with Gasteiger partial charge in [-0.15, -0.1) is 0 Å². The van der Waals surface area contributed by atoms with Crippen molar-refractivity contribution in [3.05, 3.63) is 0 Å². The van der Waals surface area contributed by atoms with E-state index >= 15 is 0 Å². The molecule has 0 aromatic heterocycles. The maximum atomic E-state index is 10.3. The van der Waals surface area contributed by atoms with Gasteiger partial charge in [-0.3, -0.25) is 8.37 Å². The minimum Gasteiger partial charge on any atom is -0.268 e. The largest absolute Gasteiger partial charge is 0.304 e. The van der Waals surface area contributed by atoms with E-state index in [0.717, 1.165) is 0 Å². The summed E-state index contributed by atoms with van der Waals surface area (Å²) in [6.07, 6.45) is 0. The highest BCUT2D eigenvalue weighted by atomic mass is 32.2. The molecule has 1 fully saturated rings. The Bertz CT molecular complexity index is 93.5. The topological polar surface area (TPSA) is 35.5 Å². The molecule has 1 heterocycles. The molecular weight excluding hydrogens is 128 g/mol. The molecule has 0 N–H and O–H groups in total. The highest BCUT2D eigenvalue weighted by Crippen LogP contribution is 2.06. The third-order valence-corrected chi connectivity index (χ3v) is 1.55. The normalized spacial score (nSPS) is 39.6. The van der Waals surface area contributed by atoms with Gasteiger partial charge in [0.05, 0.1) is 13.2 Å². The molecule has 0 aromatic rings. The van der Waals surface area contributed by atoms with E-state index in [1.165, 1.54) is 0 Å². The Morgan fingerprint density at radius 1 is 1.50 bits per heavy atom. The first-order valence-electron chi connectivity index (χ1n) is 2.47. The lowest BCUT2D eigenvalue weighted by Gasteiger charge is -2.15. The van der Waals surface area contributed by atoms with E-state index in [1.54, 1.807) is 0 Å². The van der Waals surface area contributed by atoms with Gasteiger partial charge in [-0.25, -0.2) is 0 Å². The van der Waals surface area contributed by atoms with Gasteiger partial charge in [0.1, 0.15) is 0 Å². The van der Waals surface area contributed by atoms with Gasteiger partial charge in [-0.1, -0.05) is 6.92 Å². The van der Waals surface area contributed by atoms with Crippen LogP contribution in [0.2, 0.25) is 0 Å². The smallest absolute Gasteiger partial charge is 0.268 e. The maximum absolute atomic E-state index is 10.3. The third kappa shape index (κ3) is 1.54. The zero-order chi connectivity index (χ0) is 5.98. The summed E-state index contributed by atoms with van der Waals surface area (Å²) in [5.74, 6) is 0.382. The number of hydrogen-bond acceptors (Lipinski definition) is 3. The summed E-state index contributed by atoms with van der Waals surface area (Å²) in [6.45, 7) is 3.08. The Balaban J connectivity index is 2.29. The fourth-order valence-corrected chi connectivity index (χ4v) is 1.18. The van der Waals surface area contributed by atoms with E-state index < -0.39 is 11.4 Å². The van der Waals surface area contributed by atoms with E-state index in [0.29, 0.717) is 19.1 Å². The first-order chi connectivity index (χ1) is 3.79. The lowest BCUT2D eigenvalue weighted by Crippen LogP contribution is -2.21. The van der Waals surface area contributed by atoms with Crippen molar-refractivity contribution in [3.8, 4) is 0 Å². The molecule has 1 rings (SSSR count). The summed E-state index contributed by atoms with van der Waals surface area (Å²) in [7, 11) is 0. The Hall–Kier alpha value is 0.0700. The second-order valence-corrected chi connectivity index (χ2v) is 2.76. The van der Waals surface area contributed by atoms with E-state index in [2.05, 4.69) is 8.37 Å². The quantitative estimate of drug-likeness (QED) is 0.479. The first kappa shape index (κ1) is 6.19. The molecule has 1 aliphatic rings. The molecule has 48 valence electrons. The van der Waals surface area contributed by atoms with Crippen molar-refractivity contribution in [1.82, 2.24) is 0 Å². The summed E-state index contributed by atoms with van der Waals surface area (Å²) in [6, 6.07) is 0. The zero-order valence-electron chi connectivity index (χ0n) is 4.62. The molecule has 0 saturated carbocycles. The second kappa shape index (κ2) is 2.57. The molecule has 3 nitrogen and oxygen atoms in total. The molecule has 0 spiro atoms. The van der Waals surface area contributed by atoms with Crippen LogP contribution in [0, 0.1) is 5.92 Å². The van der Waals surface area contributed by atoms with Crippen LogP contribution >= 0.6 is 0 Å². The molecule has 0 bridgehead atoms. The lowest BCUT2D eigenvalue weighted by atomic mass is 10.2. The Morgan fingerprint density at radius 2 is 2.00 bits per heavy atom. The molecule has 4 heteroatoms. The SMILES string of the molecule is CC1COS(=O)OC1. The van der Waals surface area contributed by atoms with Gasteiger partial charge in [0.25, 0.3) is 0 Å². The van der Waals surface area contributed by atoms with E-state index in [1.807, 2.05) is 6.92 Å². The van der Waals surface area contributed by atoms with Crippen LogP contribution in [0.15, 0.2) is 0 Å². The zero-order valence-corrected chi connectivity index (χ0v) is 5.44. The molecule has 0 aromatic carbocycles. The average Bonchev–Trinajstić information content (AvgIpc) is 1.77. The second-order valence-electron chi connectivity index (χ2n) is 1.88. The fraction of sp³-hybridized carbons (Fsp3) is 1.00. The van der Waals surface area contributed by atoms with Crippen molar-refractivity contribution in [2.75, 3.05) is 13.2 Å². The fourth-order valence-electron chi connectivity index (χ4n) is 0.426. The van der Waals surface area contributed by atoms with Gasteiger partial charge >= 0.3 is 11.4 Å². The molecule has 1 aliphatic heterocycles. The molecule has 8 heavy (non-hydrogen) atoms. The summed E-state index contributed by atoms with van der Waals surface area (Å²) < 4.78 is 19.6. The van der Waals surface area contributed by atoms with Crippen LogP contribution in [0.3, 0.4) is 0 Å². The Labute approximate surface area is 50.8 Å². The molecule has 1 saturated heterocycles. The van der Waals surface area contributed by atoms with Crippen LogP contribution in [-0.4, -0.2) is 17.4 Å². The summed E-state index contributed by atoms with van der Waals surface area (Å²) in [5, 5.41) is 0. The highest BCUT2D eigenvalue weighted by molar-refractivity contribution is 7.75. The predicted molar refractivity (Wildman–Crippen MR) is 29.2 cm³/mol. The number of rotatable bonds is 0. The van der Waals surface area contributed by atoms with Crippen molar-refractivity contribution < 1.29 is 12.6 Å². The van der Waals surface area contributed by atoms with Crippen LogP contribution in [0.5, 0.6) is 0 Å². The van der Waals surface area contributed by atoms with Gasteiger partial charge < -0.3 is 0 Å². The van der Waals surface area contributed by atoms with Gasteiger partial charge in [0.2, 0.25) is 0 Å². The Morgan fingerprint density at radius 3 is 2.38 bits per heavy atom. The maximum Gasteiger partial charge on any atom is 0.304 e. The summed E-state index contributed by atoms with van der Waals surface area (Å²) in [4.78, 5) is 0. The van der Waals surface area contributed by atoms with Crippen LogP contribution in [0.1, 0.15) is 6.92 Å². The first-order valence-corrected chi connectivity index (χ1v) is 3.47. The highest BCUT2D eigenvalue weighted by Gasteiger charge is 2.14. The molecule has 0 unspecified atom stereocenters. The molecule has 0 radical (unpaired) electrons. The van der Waals surface area contributed by atoms with Crippen molar-refractivity contribution >= 4 is 11.4 Å². The van der Waals surface area contributed by atoms with Crippen molar-refractivity contribution in [1.29, 1.82) is 0 Å². The monoisotopic (exact) mass is 136 g/mol. The third-order valence-electron chi connectivity index (χ3n) is 0.898. The average molecular weight is 136 g/mol. The molecule has 0 amide bonds. The lowest BCUT2D eigenvalue weighted by molar-refractivity contribution is 0.134. The van der Waals surface area contributed by atoms with Gasteiger partial charge in [-0.2, -0.15) is 4.21 Å². The van der Waals surface area contributed by atoms with E-state index in [-0.39, 0.29) is 0 Å². The van der Waals surface area contributed by atoms with E-state index in [9.17, 15) is 4.21 Å². The van der Waals surface area contributed by atoms with Crippen LogP contribution in [0.4, 0.5) is 0 Å². The van der Waals surface area contributed by atoms with Crippen LogP contribution in [0.25, 0.3) is 0 Å². The number of hydrogen-bond donors (Lipinski definition) is 0. The molecule has 0 aliphatic carbocycles. The minimum atomic E-state index is -1.46. The van der Waals surface area contributed by atoms with Crippen molar-refractivity contribution in [2.45, 2.75) is 6.92 Å². The van der Waals surface area contributed by atoms with Gasteiger partial charge in [-0.05, 0) is 0 Å². The van der Waals surface area contributed by atoms with Gasteiger partial charge in [0, 0.05) is 5.92 Å². The van der Waals surface area contributed by atoms with E-state index in [4.69, 9.17) is 0 Å². The molecule has 0 atom stereocenters. The predicted octanol–water partition coefficient (Wildman–Crippen LogP) is 0.248. The van der Waals surface area contributed by atoms with Crippen molar-refractivity contribution in [2.24, 2.45) is 5.92 Å². The van der Waals surface area contributed by atoms with Crippen LogP contribution < -0.4 is 0 Å². The van der Waals surface area contributed by atoms with Gasteiger partial charge in [0.15, 0.2) is 0 Å². The van der Waals surface area contributed by atoms with Crippen molar-refractivity contribution in [3.63, 3.8) is 0 Å². The minimum absolute atomic E-state index is 0.382. The summed E-state index contributed by atoms with van der Waals surface area (Å²) in [5.41, 5.74) is 0. The summed E-state index contributed by atoms with van der Waals surface area (Å²) >= 11 is -1.46. The molecular formula is C4H8O3S. The van der Waals surface area contributed by atoms with Crippen LogP contribution in [-0.2, 0) is 19.7 Å². The Kier molecular flexibility index (Phi) is 1.99.